The van der Waals surface area contributed by atoms with Gasteiger partial charge >= 0.3 is 0 Å². The van der Waals surface area contributed by atoms with Gasteiger partial charge in [-0.1, -0.05) is 18.5 Å². The molecule has 2 heterocycles. The van der Waals surface area contributed by atoms with Crippen molar-refractivity contribution in [2.75, 3.05) is 26.3 Å². The van der Waals surface area contributed by atoms with Crippen molar-refractivity contribution in [3.05, 3.63) is 22.7 Å². The molecular weight excluding hydrogens is 302 g/mol. The van der Waals surface area contributed by atoms with Crippen LogP contribution < -0.4 is 9.47 Å². The number of likely N-dealkylation sites (tertiary alicyclic amines) is 1. The van der Waals surface area contributed by atoms with E-state index in [0.717, 1.165) is 43.8 Å². The van der Waals surface area contributed by atoms with Crippen LogP contribution in [0, 0.1) is 5.92 Å². The fourth-order valence-corrected chi connectivity index (χ4v) is 3.22. The van der Waals surface area contributed by atoms with Crippen molar-refractivity contribution < 1.29 is 14.3 Å². The van der Waals surface area contributed by atoms with Gasteiger partial charge in [0, 0.05) is 19.5 Å². The second-order valence-corrected chi connectivity index (χ2v) is 6.60. The standard InChI is InChI=1S/C17H22ClNO3/c1-12-3-5-19(6-4-12)16(20)11-13-9-14(18)17-15(10-13)21-7-2-8-22-17/h9-10,12H,2-8,11H2,1H3. The van der Waals surface area contributed by atoms with E-state index in [1.54, 1.807) is 0 Å². The number of hydrogen-bond acceptors (Lipinski definition) is 3. The molecule has 0 unspecified atom stereocenters. The molecule has 2 aliphatic heterocycles. The van der Waals surface area contributed by atoms with Crippen molar-refractivity contribution in [3.8, 4) is 11.5 Å². The molecule has 0 atom stereocenters. The molecule has 120 valence electrons. The lowest BCUT2D eigenvalue weighted by Crippen LogP contribution is -2.38. The molecule has 0 bridgehead atoms. The van der Waals surface area contributed by atoms with E-state index in [1.807, 2.05) is 17.0 Å². The molecule has 0 saturated carbocycles. The third-order valence-corrected chi connectivity index (χ3v) is 4.63. The third-order valence-electron chi connectivity index (χ3n) is 4.35. The summed E-state index contributed by atoms with van der Waals surface area (Å²) in [4.78, 5) is 14.4. The third kappa shape index (κ3) is 3.49. The average Bonchev–Trinajstić information content (AvgIpc) is 2.73. The molecule has 0 N–H and O–H groups in total. The van der Waals surface area contributed by atoms with E-state index in [1.165, 1.54) is 0 Å². The first-order valence-corrected chi connectivity index (χ1v) is 8.37. The van der Waals surface area contributed by atoms with Gasteiger partial charge in [-0.2, -0.15) is 0 Å². The topological polar surface area (TPSA) is 38.8 Å². The fourth-order valence-electron chi connectivity index (χ4n) is 2.93. The van der Waals surface area contributed by atoms with Gasteiger partial charge in [-0.3, -0.25) is 4.79 Å². The molecule has 3 rings (SSSR count). The lowest BCUT2D eigenvalue weighted by atomic mass is 9.98. The number of ether oxygens (including phenoxy) is 2. The largest absolute Gasteiger partial charge is 0.489 e. The summed E-state index contributed by atoms with van der Waals surface area (Å²) in [6, 6.07) is 3.70. The van der Waals surface area contributed by atoms with E-state index in [2.05, 4.69) is 6.92 Å². The summed E-state index contributed by atoms with van der Waals surface area (Å²) in [5, 5.41) is 0.523. The summed E-state index contributed by atoms with van der Waals surface area (Å²) in [7, 11) is 0. The van der Waals surface area contributed by atoms with E-state index in [9.17, 15) is 4.79 Å². The Morgan fingerprint density at radius 3 is 2.77 bits per heavy atom. The molecular formula is C17H22ClNO3. The summed E-state index contributed by atoms with van der Waals surface area (Å²) >= 11 is 6.28. The van der Waals surface area contributed by atoms with E-state index in [4.69, 9.17) is 21.1 Å². The fraction of sp³-hybridized carbons (Fsp3) is 0.588. The molecule has 0 aromatic heterocycles. The maximum Gasteiger partial charge on any atom is 0.226 e. The van der Waals surface area contributed by atoms with Crippen LogP contribution in [0.5, 0.6) is 11.5 Å². The zero-order valence-electron chi connectivity index (χ0n) is 12.9. The Morgan fingerprint density at radius 1 is 1.27 bits per heavy atom. The molecule has 1 fully saturated rings. The van der Waals surface area contributed by atoms with Crippen LogP contribution in [0.3, 0.4) is 0 Å². The van der Waals surface area contributed by atoms with Gasteiger partial charge in [0.15, 0.2) is 11.5 Å². The molecule has 0 aliphatic carbocycles. The molecule has 22 heavy (non-hydrogen) atoms. The number of amides is 1. The zero-order chi connectivity index (χ0) is 15.5. The average molecular weight is 324 g/mol. The summed E-state index contributed by atoms with van der Waals surface area (Å²) in [5.41, 5.74) is 0.887. The van der Waals surface area contributed by atoms with Crippen molar-refractivity contribution in [2.24, 2.45) is 5.92 Å². The highest BCUT2D eigenvalue weighted by atomic mass is 35.5. The lowest BCUT2D eigenvalue weighted by molar-refractivity contribution is -0.131. The molecule has 2 aliphatic rings. The molecule has 5 heteroatoms. The maximum absolute atomic E-state index is 12.4. The molecule has 1 aromatic rings. The monoisotopic (exact) mass is 323 g/mol. The van der Waals surface area contributed by atoms with Crippen LogP contribution in [0.2, 0.25) is 5.02 Å². The molecule has 4 nitrogen and oxygen atoms in total. The van der Waals surface area contributed by atoms with Gasteiger partial charge in [-0.25, -0.2) is 0 Å². The number of piperidine rings is 1. The number of hydrogen-bond donors (Lipinski definition) is 0. The Balaban J connectivity index is 1.71. The number of nitrogens with zero attached hydrogens (tertiary/aromatic N) is 1. The number of carbonyl (C=O) groups is 1. The van der Waals surface area contributed by atoms with Crippen molar-refractivity contribution in [2.45, 2.75) is 32.6 Å². The van der Waals surface area contributed by atoms with Crippen LogP contribution in [0.25, 0.3) is 0 Å². The molecule has 1 saturated heterocycles. The summed E-state index contributed by atoms with van der Waals surface area (Å²) in [6.45, 7) is 5.18. The first kappa shape index (κ1) is 15.5. The number of carbonyl (C=O) groups excluding carboxylic acids is 1. The number of rotatable bonds is 2. The highest BCUT2D eigenvalue weighted by Crippen LogP contribution is 2.38. The summed E-state index contributed by atoms with van der Waals surface area (Å²) in [5.74, 6) is 2.14. The number of benzene rings is 1. The van der Waals surface area contributed by atoms with Crippen LogP contribution in [0.1, 0.15) is 31.7 Å². The predicted octanol–water partition coefficient (Wildman–Crippen LogP) is 3.30. The Labute approximate surface area is 136 Å². The summed E-state index contributed by atoms with van der Waals surface area (Å²) < 4.78 is 11.3. The molecule has 0 spiro atoms. The first-order chi connectivity index (χ1) is 10.6. The minimum atomic E-state index is 0.164. The summed E-state index contributed by atoms with van der Waals surface area (Å²) in [6.07, 6.45) is 3.39. The second kappa shape index (κ2) is 6.78. The van der Waals surface area contributed by atoms with Gasteiger partial charge < -0.3 is 14.4 Å². The minimum absolute atomic E-state index is 0.164. The van der Waals surface area contributed by atoms with Gasteiger partial charge in [0.05, 0.1) is 24.7 Å². The predicted molar refractivity (Wildman–Crippen MR) is 85.7 cm³/mol. The van der Waals surface area contributed by atoms with Crippen molar-refractivity contribution in [1.82, 2.24) is 4.90 Å². The first-order valence-electron chi connectivity index (χ1n) is 7.99. The number of fused-ring (bicyclic) bond motifs is 1. The normalized spacial score (nSPS) is 18.9. The zero-order valence-corrected chi connectivity index (χ0v) is 13.7. The second-order valence-electron chi connectivity index (χ2n) is 6.20. The van der Waals surface area contributed by atoms with Gasteiger partial charge in [-0.15, -0.1) is 0 Å². The molecule has 1 aromatic carbocycles. The number of halogens is 1. The van der Waals surface area contributed by atoms with Gasteiger partial charge in [-0.05, 0) is 36.5 Å². The quantitative estimate of drug-likeness (QED) is 0.838. The van der Waals surface area contributed by atoms with Crippen molar-refractivity contribution in [1.29, 1.82) is 0 Å². The van der Waals surface area contributed by atoms with E-state index < -0.39 is 0 Å². The van der Waals surface area contributed by atoms with Gasteiger partial charge in [0.2, 0.25) is 5.91 Å². The molecule has 1 amide bonds. The smallest absolute Gasteiger partial charge is 0.226 e. The molecule has 0 radical (unpaired) electrons. The van der Waals surface area contributed by atoms with Crippen LogP contribution in [-0.2, 0) is 11.2 Å². The van der Waals surface area contributed by atoms with Crippen LogP contribution >= 0.6 is 11.6 Å². The highest BCUT2D eigenvalue weighted by Gasteiger charge is 2.22. The SMILES string of the molecule is CC1CCN(C(=O)Cc2cc(Cl)c3c(c2)OCCCO3)CC1. The Kier molecular flexibility index (Phi) is 4.77. The van der Waals surface area contributed by atoms with Crippen LogP contribution in [0.15, 0.2) is 12.1 Å². The lowest BCUT2D eigenvalue weighted by Gasteiger charge is -2.30. The van der Waals surface area contributed by atoms with Crippen LogP contribution in [0.4, 0.5) is 0 Å². The Hall–Kier alpha value is -1.42. The highest BCUT2D eigenvalue weighted by molar-refractivity contribution is 6.32. The van der Waals surface area contributed by atoms with Crippen molar-refractivity contribution in [3.63, 3.8) is 0 Å². The minimum Gasteiger partial charge on any atom is -0.489 e. The maximum atomic E-state index is 12.4. The Morgan fingerprint density at radius 2 is 2.00 bits per heavy atom. The van der Waals surface area contributed by atoms with Gasteiger partial charge in [0.1, 0.15) is 0 Å². The van der Waals surface area contributed by atoms with E-state index in [-0.39, 0.29) is 5.91 Å². The Bertz CT molecular complexity index is 553. The van der Waals surface area contributed by atoms with E-state index >= 15 is 0 Å². The van der Waals surface area contributed by atoms with Crippen molar-refractivity contribution >= 4 is 17.5 Å². The van der Waals surface area contributed by atoms with Gasteiger partial charge in [0.25, 0.3) is 0 Å². The van der Waals surface area contributed by atoms with E-state index in [0.29, 0.717) is 36.2 Å². The van der Waals surface area contributed by atoms with Crippen LogP contribution in [-0.4, -0.2) is 37.1 Å².